The normalized spacial score (nSPS) is 15.8. The number of amides is 2. The minimum absolute atomic E-state index is 0.0910. The van der Waals surface area contributed by atoms with E-state index >= 15 is 0 Å². The first-order chi connectivity index (χ1) is 16.3. The van der Waals surface area contributed by atoms with E-state index in [2.05, 4.69) is 10.0 Å². The molecule has 0 atom stereocenters. The average molecular weight is 488 g/mol. The highest BCUT2D eigenvalue weighted by Crippen LogP contribution is 2.32. The lowest BCUT2D eigenvalue weighted by Gasteiger charge is -2.19. The summed E-state index contributed by atoms with van der Waals surface area (Å²) in [5.74, 6) is 0.854. The van der Waals surface area contributed by atoms with Gasteiger partial charge in [-0.05, 0) is 55.7 Å². The van der Waals surface area contributed by atoms with Gasteiger partial charge in [-0.15, -0.1) is 0 Å². The summed E-state index contributed by atoms with van der Waals surface area (Å²) >= 11 is 0. The number of carbonyl (C=O) groups excluding carboxylic acids is 2. The van der Waals surface area contributed by atoms with Crippen LogP contribution in [-0.2, 0) is 19.6 Å². The first-order valence-corrected chi connectivity index (χ1v) is 12.9. The Kier molecular flexibility index (Phi) is 7.38. The first-order valence-electron chi connectivity index (χ1n) is 11.4. The molecule has 182 valence electrons. The number of hydrogen-bond donors (Lipinski definition) is 2. The molecule has 2 amide bonds. The number of ether oxygens (including phenoxy) is 2. The van der Waals surface area contributed by atoms with E-state index in [4.69, 9.17) is 9.47 Å². The van der Waals surface area contributed by atoms with Gasteiger partial charge in [0.25, 0.3) is 0 Å². The molecule has 2 heterocycles. The lowest BCUT2D eigenvalue weighted by Crippen LogP contribution is -2.26. The van der Waals surface area contributed by atoms with Gasteiger partial charge in [0.15, 0.2) is 11.5 Å². The maximum absolute atomic E-state index is 12.6. The first kappa shape index (κ1) is 24.0. The summed E-state index contributed by atoms with van der Waals surface area (Å²) < 4.78 is 38.8. The molecule has 34 heavy (non-hydrogen) atoms. The van der Waals surface area contributed by atoms with E-state index in [0.29, 0.717) is 49.8 Å². The Morgan fingerprint density at radius 1 is 1.06 bits per heavy atom. The fraction of sp³-hybridized carbons (Fsp3) is 0.417. The number of fused-ring (bicyclic) bond motifs is 1. The van der Waals surface area contributed by atoms with E-state index < -0.39 is 10.0 Å². The van der Waals surface area contributed by atoms with Crippen LogP contribution in [-0.4, -0.2) is 46.5 Å². The number of hydrogen-bond acceptors (Lipinski definition) is 6. The van der Waals surface area contributed by atoms with Crippen molar-refractivity contribution >= 4 is 33.2 Å². The van der Waals surface area contributed by atoms with Crippen molar-refractivity contribution in [3.05, 3.63) is 42.0 Å². The molecule has 1 saturated heterocycles. The number of benzene rings is 2. The van der Waals surface area contributed by atoms with Crippen LogP contribution in [0.1, 0.15) is 37.7 Å². The number of sulfonamides is 1. The molecule has 0 saturated carbocycles. The van der Waals surface area contributed by atoms with Crippen LogP contribution >= 0.6 is 0 Å². The number of anilines is 2. The Morgan fingerprint density at radius 2 is 1.85 bits per heavy atom. The molecular formula is C24H29N3O6S. The number of nitrogens with zero attached hydrogens (tertiary/aromatic N) is 1. The molecule has 9 nitrogen and oxygen atoms in total. The molecular weight excluding hydrogens is 458 g/mol. The van der Waals surface area contributed by atoms with Gasteiger partial charge in [-0.1, -0.05) is 0 Å². The van der Waals surface area contributed by atoms with Crippen LogP contribution in [0.3, 0.4) is 0 Å². The van der Waals surface area contributed by atoms with Crippen molar-refractivity contribution in [3.63, 3.8) is 0 Å². The van der Waals surface area contributed by atoms with Gasteiger partial charge in [0.05, 0.1) is 18.1 Å². The highest BCUT2D eigenvalue weighted by Gasteiger charge is 2.23. The summed E-state index contributed by atoms with van der Waals surface area (Å²) in [5.41, 5.74) is 2.42. The van der Waals surface area contributed by atoms with E-state index in [1.807, 2.05) is 19.1 Å². The molecule has 2 N–H and O–H groups in total. The number of rotatable bonds is 8. The van der Waals surface area contributed by atoms with Gasteiger partial charge < -0.3 is 19.7 Å². The fourth-order valence-electron chi connectivity index (χ4n) is 4.01. The summed E-state index contributed by atoms with van der Waals surface area (Å²) in [6.07, 6.45) is 2.66. The van der Waals surface area contributed by atoms with E-state index in [9.17, 15) is 18.0 Å². The zero-order chi connectivity index (χ0) is 24.1. The van der Waals surface area contributed by atoms with E-state index in [-0.39, 0.29) is 29.7 Å². The molecule has 0 spiro atoms. The monoisotopic (exact) mass is 487 g/mol. The Bertz CT molecular complexity index is 1180. The second-order valence-corrected chi connectivity index (χ2v) is 10.1. The van der Waals surface area contributed by atoms with Crippen molar-refractivity contribution in [2.24, 2.45) is 0 Å². The maximum Gasteiger partial charge on any atom is 0.240 e. The predicted molar refractivity (Wildman–Crippen MR) is 128 cm³/mol. The summed E-state index contributed by atoms with van der Waals surface area (Å²) in [6.45, 7) is 3.75. The molecule has 0 bridgehead atoms. The van der Waals surface area contributed by atoms with Gasteiger partial charge in [0, 0.05) is 49.8 Å². The van der Waals surface area contributed by atoms with Gasteiger partial charge in [0.2, 0.25) is 21.8 Å². The van der Waals surface area contributed by atoms with Crippen molar-refractivity contribution in [1.82, 2.24) is 4.72 Å². The van der Waals surface area contributed by atoms with Crippen molar-refractivity contribution in [1.29, 1.82) is 0 Å². The van der Waals surface area contributed by atoms with E-state index in [1.54, 1.807) is 17.0 Å². The molecule has 0 aromatic heterocycles. The van der Waals surface area contributed by atoms with Crippen molar-refractivity contribution in [2.75, 3.05) is 36.5 Å². The highest BCUT2D eigenvalue weighted by atomic mass is 32.2. The predicted octanol–water partition coefficient (Wildman–Crippen LogP) is 2.98. The fourth-order valence-corrected chi connectivity index (χ4v) is 5.10. The second-order valence-electron chi connectivity index (χ2n) is 8.36. The zero-order valence-corrected chi connectivity index (χ0v) is 19.9. The molecule has 4 rings (SSSR count). The topological polar surface area (TPSA) is 114 Å². The summed E-state index contributed by atoms with van der Waals surface area (Å²) in [7, 11) is -3.74. The summed E-state index contributed by atoms with van der Waals surface area (Å²) in [6, 6.07) is 9.99. The van der Waals surface area contributed by atoms with Crippen molar-refractivity contribution in [2.45, 2.75) is 43.9 Å². The van der Waals surface area contributed by atoms with Crippen molar-refractivity contribution < 1.29 is 27.5 Å². The van der Waals surface area contributed by atoms with Gasteiger partial charge in [-0.3, -0.25) is 9.59 Å². The molecule has 1 fully saturated rings. The van der Waals surface area contributed by atoms with E-state index in [1.165, 1.54) is 12.1 Å². The smallest absolute Gasteiger partial charge is 0.240 e. The number of nitrogens with one attached hydrogen (secondary N) is 2. The molecule has 0 aliphatic carbocycles. The number of aryl methyl sites for hydroxylation is 1. The van der Waals surface area contributed by atoms with Crippen LogP contribution in [0.25, 0.3) is 0 Å². The molecule has 2 aromatic rings. The minimum Gasteiger partial charge on any atom is -0.490 e. The van der Waals surface area contributed by atoms with Crippen LogP contribution in [0.2, 0.25) is 0 Å². The van der Waals surface area contributed by atoms with Gasteiger partial charge in [-0.2, -0.15) is 0 Å². The largest absolute Gasteiger partial charge is 0.490 e. The molecule has 0 radical (unpaired) electrons. The molecule has 0 unspecified atom stereocenters. The highest BCUT2D eigenvalue weighted by molar-refractivity contribution is 7.89. The van der Waals surface area contributed by atoms with Crippen LogP contribution in [0, 0.1) is 6.92 Å². The SMILES string of the molecule is Cc1cc(NC(=O)CCCNS(=O)(=O)c2ccc3c(c2)OCCCO3)ccc1N1CCCC1=O. The summed E-state index contributed by atoms with van der Waals surface area (Å²) in [5, 5.41) is 2.83. The van der Waals surface area contributed by atoms with Gasteiger partial charge >= 0.3 is 0 Å². The van der Waals surface area contributed by atoms with Crippen molar-refractivity contribution in [3.8, 4) is 11.5 Å². The van der Waals surface area contributed by atoms with E-state index in [0.717, 1.165) is 24.1 Å². The lowest BCUT2D eigenvalue weighted by molar-refractivity contribution is -0.117. The Morgan fingerprint density at radius 3 is 2.59 bits per heavy atom. The Labute approximate surface area is 199 Å². The molecule has 10 heteroatoms. The standard InChI is InChI=1S/C24H29N3O6S/c1-17-15-18(7-9-20(17)27-12-3-6-24(27)29)26-23(28)5-2-11-25-34(30,31)19-8-10-21-22(16-19)33-14-4-13-32-21/h7-10,15-16,25H,2-6,11-14H2,1H3,(H,26,28). The molecule has 2 aliphatic heterocycles. The average Bonchev–Trinajstić information content (AvgIpc) is 3.08. The quantitative estimate of drug-likeness (QED) is 0.554. The Hall–Kier alpha value is -3.11. The van der Waals surface area contributed by atoms with Crippen LogP contribution in [0.15, 0.2) is 41.3 Å². The third kappa shape index (κ3) is 5.68. The summed E-state index contributed by atoms with van der Waals surface area (Å²) in [4.78, 5) is 26.2. The third-order valence-electron chi connectivity index (χ3n) is 5.75. The van der Waals surface area contributed by atoms with Crippen LogP contribution in [0.5, 0.6) is 11.5 Å². The van der Waals surface area contributed by atoms with Crippen LogP contribution < -0.4 is 24.4 Å². The third-order valence-corrected chi connectivity index (χ3v) is 7.21. The zero-order valence-electron chi connectivity index (χ0n) is 19.1. The minimum atomic E-state index is -3.74. The van der Waals surface area contributed by atoms with Gasteiger partial charge in [-0.25, -0.2) is 13.1 Å². The second kappa shape index (κ2) is 10.4. The molecule has 2 aliphatic rings. The van der Waals surface area contributed by atoms with Crippen LogP contribution in [0.4, 0.5) is 11.4 Å². The molecule has 2 aromatic carbocycles. The number of carbonyl (C=O) groups is 2. The maximum atomic E-state index is 12.6. The van der Waals surface area contributed by atoms with Gasteiger partial charge in [0.1, 0.15) is 0 Å². The lowest BCUT2D eigenvalue weighted by atomic mass is 10.1. The Balaban J connectivity index is 1.26.